The number of rotatable bonds is 5. The Kier molecular flexibility index (Phi) is 5.20. The number of nitrogens with zero attached hydrogens (tertiary/aromatic N) is 2. The number of carbonyl (C=O) groups excluding carboxylic acids is 1. The molecule has 0 aliphatic carbocycles. The molecule has 0 unspecified atom stereocenters. The number of hydrogen-bond donors (Lipinski definition) is 0. The Bertz CT molecular complexity index is 1450. The fourth-order valence-electron chi connectivity index (χ4n) is 4.33. The van der Waals surface area contributed by atoms with Crippen LogP contribution in [0.1, 0.15) is 33.3 Å². The van der Waals surface area contributed by atoms with E-state index in [4.69, 9.17) is 18.6 Å². The van der Waals surface area contributed by atoms with Gasteiger partial charge in [-0.05, 0) is 48.4 Å². The van der Waals surface area contributed by atoms with Crippen molar-refractivity contribution in [2.24, 2.45) is 0 Å². The molecule has 0 bridgehead atoms. The normalized spacial score (nSPS) is 14.9. The SMILES string of the molecule is COc1cc([C@@H]2c3c(oc4ccccc4c3=O)C(=O)N2c2ccc(C)cn2)cc(OC)c1OC. The molecule has 0 radical (unpaired) electrons. The van der Waals surface area contributed by atoms with Crippen LogP contribution in [0.4, 0.5) is 5.82 Å². The van der Waals surface area contributed by atoms with Crippen molar-refractivity contribution < 1.29 is 23.4 Å². The molecular weight excluding hydrogens is 436 g/mol. The Morgan fingerprint density at radius 1 is 0.941 bits per heavy atom. The van der Waals surface area contributed by atoms with Crippen LogP contribution in [0, 0.1) is 6.92 Å². The van der Waals surface area contributed by atoms with Crippen molar-refractivity contribution in [3.63, 3.8) is 0 Å². The van der Waals surface area contributed by atoms with Crippen LogP contribution in [0.25, 0.3) is 11.0 Å². The Balaban J connectivity index is 1.83. The smallest absolute Gasteiger partial charge is 0.296 e. The van der Waals surface area contributed by atoms with Crippen molar-refractivity contribution in [2.75, 3.05) is 26.2 Å². The minimum absolute atomic E-state index is 0.00942. The number of methoxy groups -OCH3 is 3. The number of aryl methyl sites for hydroxylation is 1. The third kappa shape index (κ3) is 3.18. The third-order valence-corrected chi connectivity index (χ3v) is 5.92. The minimum Gasteiger partial charge on any atom is -0.493 e. The Morgan fingerprint density at radius 2 is 1.65 bits per heavy atom. The van der Waals surface area contributed by atoms with Crippen molar-refractivity contribution in [2.45, 2.75) is 13.0 Å². The summed E-state index contributed by atoms with van der Waals surface area (Å²) in [5, 5.41) is 0.394. The highest BCUT2D eigenvalue weighted by Gasteiger charge is 2.44. The Labute approximate surface area is 195 Å². The number of para-hydroxylation sites is 1. The standard InChI is InChI=1S/C26H22N2O6/c1-14-9-10-20(27-13-14)28-22(15-11-18(31-2)24(33-4)19(12-15)32-3)21-23(29)16-7-5-6-8-17(16)34-25(21)26(28)30/h5-13,22H,1-4H3/t22-/m1/s1. The molecule has 2 aromatic carbocycles. The van der Waals surface area contributed by atoms with E-state index in [-0.39, 0.29) is 16.8 Å². The molecule has 1 aliphatic rings. The van der Waals surface area contributed by atoms with E-state index < -0.39 is 11.9 Å². The largest absolute Gasteiger partial charge is 0.493 e. The first-order valence-electron chi connectivity index (χ1n) is 10.6. The predicted molar refractivity (Wildman–Crippen MR) is 126 cm³/mol. The number of hydrogen-bond acceptors (Lipinski definition) is 7. The van der Waals surface area contributed by atoms with Crippen molar-refractivity contribution in [1.29, 1.82) is 0 Å². The van der Waals surface area contributed by atoms with E-state index in [0.29, 0.717) is 39.6 Å². The molecule has 3 heterocycles. The fourth-order valence-corrected chi connectivity index (χ4v) is 4.33. The zero-order valence-electron chi connectivity index (χ0n) is 19.1. The van der Waals surface area contributed by atoms with Gasteiger partial charge in [0.05, 0.1) is 38.3 Å². The molecule has 0 fully saturated rings. The van der Waals surface area contributed by atoms with Gasteiger partial charge < -0.3 is 18.6 Å². The van der Waals surface area contributed by atoms with Gasteiger partial charge in [0.2, 0.25) is 11.5 Å². The van der Waals surface area contributed by atoms with Gasteiger partial charge in [0.15, 0.2) is 16.9 Å². The van der Waals surface area contributed by atoms with Crippen molar-refractivity contribution >= 4 is 22.7 Å². The summed E-state index contributed by atoms with van der Waals surface area (Å²) in [4.78, 5) is 33.3. The van der Waals surface area contributed by atoms with Crippen LogP contribution in [-0.4, -0.2) is 32.2 Å². The van der Waals surface area contributed by atoms with Crippen LogP contribution < -0.4 is 24.5 Å². The summed E-state index contributed by atoms with van der Waals surface area (Å²) >= 11 is 0. The molecule has 172 valence electrons. The molecule has 34 heavy (non-hydrogen) atoms. The summed E-state index contributed by atoms with van der Waals surface area (Å²) in [6, 6.07) is 13.1. The number of aromatic nitrogens is 1. The van der Waals surface area contributed by atoms with Crippen molar-refractivity contribution in [1.82, 2.24) is 4.98 Å². The van der Waals surface area contributed by atoms with Crippen LogP contribution in [0.15, 0.2) is 63.9 Å². The molecule has 0 spiro atoms. The molecule has 1 amide bonds. The molecule has 0 N–H and O–H groups in total. The van der Waals surface area contributed by atoms with Gasteiger partial charge >= 0.3 is 0 Å². The second kappa shape index (κ2) is 8.22. The molecule has 2 aromatic heterocycles. The number of fused-ring (bicyclic) bond motifs is 2. The lowest BCUT2D eigenvalue weighted by molar-refractivity contribution is 0.0970. The summed E-state index contributed by atoms with van der Waals surface area (Å²) in [5.74, 6) is 1.14. The van der Waals surface area contributed by atoms with E-state index in [9.17, 15) is 9.59 Å². The van der Waals surface area contributed by atoms with Gasteiger partial charge in [-0.2, -0.15) is 0 Å². The van der Waals surface area contributed by atoms with Gasteiger partial charge in [-0.3, -0.25) is 14.5 Å². The van der Waals surface area contributed by atoms with E-state index in [1.807, 2.05) is 13.0 Å². The van der Waals surface area contributed by atoms with Crippen LogP contribution in [-0.2, 0) is 0 Å². The second-order valence-corrected chi connectivity index (χ2v) is 7.90. The van der Waals surface area contributed by atoms with Gasteiger partial charge in [-0.25, -0.2) is 4.98 Å². The lowest BCUT2D eigenvalue weighted by Gasteiger charge is -2.25. The number of benzene rings is 2. The number of anilines is 1. The van der Waals surface area contributed by atoms with Crippen LogP contribution in [0.2, 0.25) is 0 Å². The Morgan fingerprint density at radius 3 is 2.26 bits per heavy atom. The van der Waals surface area contributed by atoms with Crippen molar-refractivity contribution in [3.05, 3.63) is 87.4 Å². The maximum Gasteiger partial charge on any atom is 0.296 e. The number of amides is 1. The highest BCUT2D eigenvalue weighted by molar-refractivity contribution is 6.10. The molecule has 0 saturated carbocycles. The van der Waals surface area contributed by atoms with Gasteiger partial charge in [0.25, 0.3) is 5.91 Å². The molecule has 4 aromatic rings. The molecule has 8 nitrogen and oxygen atoms in total. The van der Waals surface area contributed by atoms with Gasteiger partial charge in [-0.15, -0.1) is 0 Å². The van der Waals surface area contributed by atoms with E-state index >= 15 is 0 Å². The fraction of sp³-hybridized carbons (Fsp3) is 0.192. The monoisotopic (exact) mass is 458 g/mol. The zero-order chi connectivity index (χ0) is 24.0. The number of pyridine rings is 1. The summed E-state index contributed by atoms with van der Waals surface area (Å²) in [6.07, 6.45) is 1.67. The quantitative estimate of drug-likeness (QED) is 0.441. The summed E-state index contributed by atoms with van der Waals surface area (Å²) < 4.78 is 22.5. The first-order valence-corrected chi connectivity index (χ1v) is 10.6. The first kappa shape index (κ1) is 21.5. The average molecular weight is 458 g/mol. The number of ether oxygens (including phenoxy) is 3. The summed E-state index contributed by atoms with van der Waals surface area (Å²) in [7, 11) is 4.53. The van der Waals surface area contributed by atoms with Gasteiger partial charge in [0.1, 0.15) is 11.4 Å². The molecule has 5 rings (SSSR count). The van der Waals surface area contributed by atoms with Crippen molar-refractivity contribution in [3.8, 4) is 17.2 Å². The molecular formula is C26H22N2O6. The molecule has 1 atom stereocenters. The summed E-state index contributed by atoms with van der Waals surface area (Å²) in [5.41, 5.74) is 1.84. The summed E-state index contributed by atoms with van der Waals surface area (Å²) in [6.45, 7) is 1.91. The predicted octanol–water partition coefficient (Wildman–Crippen LogP) is 4.27. The topological polar surface area (TPSA) is 91.1 Å². The third-order valence-electron chi connectivity index (χ3n) is 5.92. The van der Waals surface area contributed by atoms with Crippen LogP contribution in [0.3, 0.4) is 0 Å². The minimum atomic E-state index is -0.813. The second-order valence-electron chi connectivity index (χ2n) is 7.90. The van der Waals surface area contributed by atoms with E-state index in [0.717, 1.165) is 5.56 Å². The lowest BCUT2D eigenvalue weighted by atomic mass is 9.97. The van der Waals surface area contributed by atoms with E-state index in [2.05, 4.69) is 4.98 Å². The average Bonchev–Trinajstić information content (AvgIpc) is 3.16. The number of carbonyl (C=O) groups is 1. The first-order chi connectivity index (χ1) is 16.5. The van der Waals surface area contributed by atoms with Crippen LogP contribution in [0.5, 0.6) is 17.2 Å². The zero-order valence-corrected chi connectivity index (χ0v) is 19.1. The maximum absolute atomic E-state index is 13.7. The Hall–Kier alpha value is -4.33. The lowest BCUT2D eigenvalue weighted by Crippen LogP contribution is -2.30. The van der Waals surface area contributed by atoms with E-state index in [1.54, 1.807) is 48.7 Å². The highest BCUT2D eigenvalue weighted by atomic mass is 16.5. The van der Waals surface area contributed by atoms with E-state index in [1.165, 1.54) is 26.2 Å². The highest BCUT2D eigenvalue weighted by Crippen LogP contribution is 2.46. The van der Waals surface area contributed by atoms with Crippen LogP contribution >= 0.6 is 0 Å². The van der Waals surface area contributed by atoms with Gasteiger partial charge in [0, 0.05) is 6.20 Å². The molecule has 0 saturated heterocycles. The molecule has 8 heteroatoms. The molecule has 1 aliphatic heterocycles. The maximum atomic E-state index is 13.7. The van der Waals surface area contributed by atoms with Gasteiger partial charge in [-0.1, -0.05) is 18.2 Å².